The van der Waals surface area contributed by atoms with Crippen LogP contribution in [0.3, 0.4) is 0 Å². The van der Waals surface area contributed by atoms with Gasteiger partial charge in [0.2, 0.25) is 5.91 Å². The lowest BCUT2D eigenvalue weighted by Crippen LogP contribution is -2.56. The molecule has 0 saturated carbocycles. The van der Waals surface area contributed by atoms with E-state index < -0.39 is 60.5 Å². The molecule has 232 valence electrons. The van der Waals surface area contributed by atoms with Crippen molar-refractivity contribution in [1.82, 2.24) is 19.9 Å². The van der Waals surface area contributed by atoms with E-state index >= 15 is 0 Å². The van der Waals surface area contributed by atoms with Gasteiger partial charge >= 0.3 is 0 Å². The third-order valence-electron chi connectivity index (χ3n) is 7.37. The van der Waals surface area contributed by atoms with E-state index in [4.69, 9.17) is 32.7 Å². The number of aliphatic hydroxyl groups excluding tert-OH is 3. The van der Waals surface area contributed by atoms with E-state index in [2.05, 4.69) is 10.3 Å². The first-order valence-electron chi connectivity index (χ1n) is 13.3. The number of carbonyl (C=O) groups is 1. The van der Waals surface area contributed by atoms with E-state index in [-0.39, 0.29) is 34.8 Å². The molecule has 3 N–H and O–H groups in total. The Morgan fingerprint density at radius 3 is 2.53 bits per heavy atom. The first-order valence-corrected chi connectivity index (χ1v) is 14.9. The second-order valence-corrected chi connectivity index (χ2v) is 12.1. The van der Waals surface area contributed by atoms with Gasteiger partial charge in [0.15, 0.2) is 17.5 Å². The number of halogens is 5. The van der Waals surface area contributed by atoms with Crippen LogP contribution in [0.15, 0.2) is 41.4 Å². The van der Waals surface area contributed by atoms with Crippen LogP contribution < -0.4 is 0 Å². The molecule has 6 atom stereocenters. The van der Waals surface area contributed by atoms with Crippen molar-refractivity contribution in [3.63, 3.8) is 0 Å². The van der Waals surface area contributed by atoms with Crippen LogP contribution in [0.25, 0.3) is 11.3 Å². The number of rotatable bonds is 9. The van der Waals surface area contributed by atoms with Gasteiger partial charge in [0, 0.05) is 17.0 Å². The summed E-state index contributed by atoms with van der Waals surface area (Å²) in [5.74, 6) is -4.86. The summed E-state index contributed by atoms with van der Waals surface area (Å²) in [7, 11) is 0. The molecule has 43 heavy (non-hydrogen) atoms. The van der Waals surface area contributed by atoms with E-state index in [1.807, 2.05) is 0 Å². The maximum Gasteiger partial charge on any atom is 0.248 e. The molecule has 1 amide bonds. The Bertz CT molecular complexity index is 1450. The minimum absolute atomic E-state index is 0.0385. The molecule has 1 aromatic heterocycles. The monoisotopic (exact) mass is 662 g/mol. The molecule has 3 aromatic rings. The molecule has 0 bridgehead atoms. The van der Waals surface area contributed by atoms with Crippen molar-refractivity contribution in [2.45, 2.75) is 53.6 Å². The predicted molar refractivity (Wildman–Crippen MR) is 150 cm³/mol. The van der Waals surface area contributed by atoms with Gasteiger partial charge in [-0.1, -0.05) is 40.2 Å². The van der Waals surface area contributed by atoms with Gasteiger partial charge in [-0.2, -0.15) is 0 Å². The number of likely N-dealkylation sites (tertiary alicyclic amines) is 1. The molecule has 2 aliphatic heterocycles. The Kier molecular flexibility index (Phi) is 10.2. The number of aromatic nitrogens is 3. The molecule has 2 aliphatic rings. The Hall–Kier alpha value is -2.43. The van der Waals surface area contributed by atoms with Gasteiger partial charge in [0.25, 0.3) is 0 Å². The summed E-state index contributed by atoms with van der Waals surface area (Å²) in [4.78, 5) is 15.2. The number of nitrogens with zero attached hydrogens (tertiary/aromatic N) is 4. The summed E-state index contributed by atoms with van der Waals surface area (Å²) >= 11 is 13.4. The van der Waals surface area contributed by atoms with Crippen molar-refractivity contribution in [2.75, 3.05) is 26.4 Å². The van der Waals surface area contributed by atoms with Crippen LogP contribution in [0.5, 0.6) is 0 Å². The molecule has 10 nitrogen and oxygen atoms in total. The van der Waals surface area contributed by atoms with Crippen LogP contribution in [0, 0.1) is 17.5 Å². The van der Waals surface area contributed by atoms with Crippen LogP contribution in [-0.4, -0.2) is 97.3 Å². The quantitative estimate of drug-likeness (QED) is 0.295. The molecule has 16 heteroatoms. The second kappa shape index (κ2) is 13.7. The van der Waals surface area contributed by atoms with E-state index in [0.717, 1.165) is 30.3 Å². The highest BCUT2D eigenvalue weighted by Crippen LogP contribution is 2.41. The topological polar surface area (TPSA) is 130 Å². The van der Waals surface area contributed by atoms with Crippen LogP contribution in [0.2, 0.25) is 10.0 Å². The van der Waals surface area contributed by atoms with E-state index in [1.54, 1.807) is 18.2 Å². The van der Waals surface area contributed by atoms with Gasteiger partial charge in [-0.05, 0) is 43.2 Å². The molecule has 2 aromatic carbocycles. The molecule has 0 spiro atoms. The molecule has 5 rings (SSSR count). The third kappa shape index (κ3) is 6.81. The zero-order chi connectivity index (χ0) is 30.8. The minimum atomic E-state index is -1.64. The summed E-state index contributed by atoms with van der Waals surface area (Å²) < 4.78 is 54.7. The summed E-state index contributed by atoms with van der Waals surface area (Å²) in [6.45, 7) is -0.776. The lowest BCUT2D eigenvalue weighted by Gasteiger charge is -2.43. The molecular formula is C27H27Cl2F3N4O6S. The number of aliphatic hydroxyl groups is 3. The lowest BCUT2D eigenvalue weighted by atomic mass is 9.97. The second-order valence-electron chi connectivity index (χ2n) is 10.1. The van der Waals surface area contributed by atoms with Crippen molar-refractivity contribution in [3.8, 4) is 11.3 Å². The molecule has 2 fully saturated rings. The third-order valence-corrected chi connectivity index (χ3v) is 9.25. The van der Waals surface area contributed by atoms with Gasteiger partial charge in [-0.25, -0.2) is 17.9 Å². The summed E-state index contributed by atoms with van der Waals surface area (Å²) in [6.07, 6.45) is -1.02. The van der Waals surface area contributed by atoms with Crippen LogP contribution in [0.1, 0.15) is 18.9 Å². The first-order chi connectivity index (χ1) is 20.6. The molecule has 0 aliphatic carbocycles. The van der Waals surface area contributed by atoms with Gasteiger partial charge < -0.3 is 29.7 Å². The van der Waals surface area contributed by atoms with Crippen molar-refractivity contribution >= 4 is 40.9 Å². The number of hydrogen-bond donors (Lipinski definition) is 3. The Morgan fingerprint density at radius 1 is 1.12 bits per heavy atom. The Morgan fingerprint density at radius 2 is 1.86 bits per heavy atom. The molecule has 0 radical (unpaired) electrons. The average molecular weight is 664 g/mol. The fourth-order valence-corrected chi connectivity index (χ4v) is 6.72. The highest BCUT2D eigenvalue weighted by Gasteiger charge is 2.48. The molecular weight excluding hydrogens is 636 g/mol. The number of ether oxygens (including phenoxy) is 2. The van der Waals surface area contributed by atoms with Gasteiger partial charge in [0.1, 0.15) is 42.1 Å². The Labute approximate surface area is 258 Å². The largest absolute Gasteiger partial charge is 0.394 e. The highest BCUT2D eigenvalue weighted by atomic mass is 35.5. The van der Waals surface area contributed by atoms with Crippen molar-refractivity contribution in [2.24, 2.45) is 0 Å². The highest BCUT2D eigenvalue weighted by molar-refractivity contribution is 7.99. The zero-order valence-electron chi connectivity index (χ0n) is 22.3. The van der Waals surface area contributed by atoms with Crippen LogP contribution >= 0.6 is 35.0 Å². The maximum absolute atomic E-state index is 13.9. The standard InChI is InChI=1S/C27H27Cl2F3N4O6S/c28-16-4-3-15(8-17(16)29)43-27-26(41-12-22(39)35-5-1-2-14(35)10-37)24(25(40)21(11-38)42-27)36-9-20(33-34-36)13-6-18(30)23(32)19(31)7-13/h3-4,6-9,14,21,24-27,37-38,40H,1-2,5,10-12H2/t14-,21+,24-,25-,26+,27+/m0/s1. The average Bonchev–Trinajstić information content (AvgIpc) is 3.67. The van der Waals surface area contributed by atoms with Crippen molar-refractivity contribution in [1.29, 1.82) is 0 Å². The molecule has 0 unspecified atom stereocenters. The number of thioether (sulfide) groups is 1. The molecule has 2 saturated heterocycles. The molecule has 3 heterocycles. The van der Waals surface area contributed by atoms with Gasteiger partial charge in [-0.3, -0.25) is 4.79 Å². The number of carbonyl (C=O) groups excluding carboxylic acids is 1. The van der Waals surface area contributed by atoms with Gasteiger partial charge in [0.05, 0.1) is 35.5 Å². The van der Waals surface area contributed by atoms with E-state index in [0.29, 0.717) is 22.9 Å². The van der Waals surface area contributed by atoms with Gasteiger partial charge in [-0.15, -0.1) is 5.10 Å². The minimum Gasteiger partial charge on any atom is -0.394 e. The van der Waals surface area contributed by atoms with Crippen LogP contribution in [-0.2, 0) is 14.3 Å². The van der Waals surface area contributed by atoms with Crippen molar-refractivity contribution < 1.29 is 42.8 Å². The smallest absolute Gasteiger partial charge is 0.248 e. The summed E-state index contributed by atoms with van der Waals surface area (Å²) in [5, 5.41) is 39.6. The van der Waals surface area contributed by atoms with Crippen LogP contribution in [0.4, 0.5) is 13.2 Å². The Balaban J connectivity index is 1.49. The van der Waals surface area contributed by atoms with E-state index in [9.17, 15) is 33.3 Å². The van der Waals surface area contributed by atoms with E-state index in [1.165, 1.54) is 15.8 Å². The zero-order valence-corrected chi connectivity index (χ0v) is 24.7. The fourth-order valence-electron chi connectivity index (χ4n) is 5.18. The number of benzene rings is 2. The maximum atomic E-state index is 13.9. The predicted octanol–water partition coefficient (Wildman–Crippen LogP) is 3.45. The number of amides is 1. The number of hydrogen-bond acceptors (Lipinski definition) is 9. The summed E-state index contributed by atoms with van der Waals surface area (Å²) in [5.41, 5.74) is -1.10. The SMILES string of the molecule is O=C(CO[C@@H]1[C@@H](n2cc(-c3cc(F)c(F)c(F)c3)nn2)[C@@H](O)[C@@H](CO)O[C@@H]1Sc1ccc(Cl)c(Cl)c1)N1CCC[C@H]1CO. The van der Waals surface area contributed by atoms with Crippen molar-refractivity contribution in [3.05, 3.63) is 64.0 Å². The summed E-state index contributed by atoms with van der Waals surface area (Å²) in [6, 6.07) is 4.91. The first kappa shape index (κ1) is 32.0. The normalized spacial score (nSPS) is 25.8. The lowest BCUT2D eigenvalue weighted by molar-refractivity contribution is -0.195. The fraction of sp³-hybridized carbons (Fsp3) is 0.444.